The molecule has 0 N–H and O–H groups in total. The first-order chi connectivity index (χ1) is 7.57. The number of hydrogen-bond donors (Lipinski definition) is 0. The van der Waals surface area contributed by atoms with Crippen molar-refractivity contribution in [2.75, 3.05) is 31.8 Å². The van der Waals surface area contributed by atoms with Gasteiger partial charge in [-0.3, -0.25) is 4.79 Å². The Morgan fingerprint density at radius 1 is 1.25 bits per heavy atom. The van der Waals surface area contributed by atoms with E-state index < -0.39 is 0 Å². The summed E-state index contributed by atoms with van der Waals surface area (Å²) in [6, 6.07) is 0. The minimum Gasteiger partial charge on any atom is -0.469 e. The van der Waals surface area contributed by atoms with E-state index in [4.69, 9.17) is 4.74 Å². The number of hydrogen-bond acceptors (Lipinski definition) is 4. The molecule has 0 saturated carbocycles. The van der Waals surface area contributed by atoms with Crippen molar-refractivity contribution in [3.05, 3.63) is 0 Å². The minimum atomic E-state index is -0.131. The molecule has 0 aliphatic carbocycles. The number of carbonyl (C=O) groups is 1. The van der Waals surface area contributed by atoms with Crippen molar-refractivity contribution >= 4 is 17.7 Å². The van der Waals surface area contributed by atoms with E-state index in [0.717, 1.165) is 31.1 Å². The maximum atomic E-state index is 11.1. The summed E-state index contributed by atoms with van der Waals surface area (Å²) in [7, 11) is 1.43. The summed E-state index contributed by atoms with van der Waals surface area (Å²) in [4.78, 5) is 11.1. The summed E-state index contributed by atoms with van der Waals surface area (Å²) in [6.07, 6.45) is 1.11. The molecule has 0 aliphatic rings. The van der Waals surface area contributed by atoms with Crippen LogP contribution in [-0.2, 0) is 14.3 Å². The van der Waals surface area contributed by atoms with Crippen LogP contribution in [0, 0.1) is 11.8 Å². The molecule has 0 spiro atoms. The highest BCUT2D eigenvalue weighted by Gasteiger charge is 2.12. The highest BCUT2D eigenvalue weighted by molar-refractivity contribution is 7.99. The Hall–Kier alpha value is -0.220. The van der Waals surface area contributed by atoms with Crippen LogP contribution in [0.2, 0.25) is 0 Å². The summed E-state index contributed by atoms with van der Waals surface area (Å²) in [5, 5.41) is 0. The molecule has 0 rings (SSSR count). The predicted molar refractivity (Wildman–Crippen MR) is 68.8 cm³/mol. The normalized spacial score (nSPS) is 12.8. The molecule has 1 atom stereocenters. The Morgan fingerprint density at radius 2 is 1.94 bits per heavy atom. The van der Waals surface area contributed by atoms with Gasteiger partial charge >= 0.3 is 5.97 Å². The average Bonchev–Trinajstić information content (AvgIpc) is 2.25. The smallest absolute Gasteiger partial charge is 0.309 e. The van der Waals surface area contributed by atoms with Crippen molar-refractivity contribution in [3.63, 3.8) is 0 Å². The van der Waals surface area contributed by atoms with Crippen molar-refractivity contribution in [1.29, 1.82) is 0 Å². The van der Waals surface area contributed by atoms with Crippen molar-refractivity contribution in [2.45, 2.75) is 27.2 Å². The number of esters is 1. The van der Waals surface area contributed by atoms with Gasteiger partial charge in [-0.15, -0.1) is 0 Å². The molecular formula is C12H24O3S. The number of ether oxygens (including phenoxy) is 2. The lowest BCUT2D eigenvalue weighted by Crippen LogP contribution is -2.15. The molecule has 0 saturated heterocycles. The van der Waals surface area contributed by atoms with E-state index in [2.05, 4.69) is 18.6 Å². The maximum Gasteiger partial charge on any atom is 0.309 e. The second kappa shape index (κ2) is 9.97. The number of thioether (sulfide) groups is 1. The third-order valence-electron chi connectivity index (χ3n) is 2.18. The molecule has 0 amide bonds. The standard InChI is InChI=1S/C12H24O3S/c1-10(2)5-6-15-7-8-16-9-11(3)12(13)14-4/h10-11H,5-9H2,1-4H3. The number of methoxy groups -OCH3 is 1. The van der Waals surface area contributed by atoms with Crippen molar-refractivity contribution in [2.24, 2.45) is 11.8 Å². The fourth-order valence-electron chi connectivity index (χ4n) is 1.07. The molecular weight excluding hydrogens is 224 g/mol. The first-order valence-corrected chi connectivity index (χ1v) is 6.96. The quantitative estimate of drug-likeness (QED) is 0.464. The molecule has 16 heavy (non-hydrogen) atoms. The molecule has 4 heteroatoms. The van der Waals surface area contributed by atoms with Crippen LogP contribution in [0.3, 0.4) is 0 Å². The highest BCUT2D eigenvalue weighted by atomic mass is 32.2. The molecule has 0 aliphatic heterocycles. The van der Waals surface area contributed by atoms with Gasteiger partial charge in [-0.05, 0) is 12.3 Å². The molecule has 0 aromatic carbocycles. The lowest BCUT2D eigenvalue weighted by Gasteiger charge is -2.09. The van der Waals surface area contributed by atoms with Gasteiger partial charge in [-0.2, -0.15) is 11.8 Å². The van der Waals surface area contributed by atoms with E-state index in [1.165, 1.54) is 7.11 Å². The molecule has 0 bridgehead atoms. The summed E-state index contributed by atoms with van der Waals surface area (Å²) in [6.45, 7) is 7.88. The van der Waals surface area contributed by atoms with E-state index in [-0.39, 0.29) is 11.9 Å². The number of rotatable bonds is 9. The lowest BCUT2D eigenvalue weighted by molar-refractivity contribution is -0.143. The van der Waals surface area contributed by atoms with Gasteiger partial charge in [0.1, 0.15) is 0 Å². The minimum absolute atomic E-state index is 0.0225. The Kier molecular flexibility index (Phi) is 9.83. The molecule has 0 aromatic rings. The summed E-state index contributed by atoms with van der Waals surface area (Å²) in [5.74, 6) is 2.30. The van der Waals surface area contributed by atoms with Crippen LogP contribution < -0.4 is 0 Å². The topological polar surface area (TPSA) is 35.5 Å². The Bertz CT molecular complexity index is 183. The second-order valence-electron chi connectivity index (χ2n) is 4.29. The zero-order valence-corrected chi connectivity index (χ0v) is 11.6. The van der Waals surface area contributed by atoms with E-state index in [0.29, 0.717) is 5.92 Å². The second-order valence-corrected chi connectivity index (χ2v) is 5.44. The van der Waals surface area contributed by atoms with Crippen molar-refractivity contribution < 1.29 is 14.3 Å². The van der Waals surface area contributed by atoms with Gasteiger partial charge in [0.2, 0.25) is 0 Å². The van der Waals surface area contributed by atoms with Crippen LogP contribution in [0.15, 0.2) is 0 Å². The highest BCUT2D eigenvalue weighted by Crippen LogP contribution is 2.09. The monoisotopic (exact) mass is 248 g/mol. The van der Waals surface area contributed by atoms with Crippen LogP contribution in [0.4, 0.5) is 0 Å². The van der Waals surface area contributed by atoms with Gasteiger partial charge in [0.05, 0.1) is 19.6 Å². The largest absolute Gasteiger partial charge is 0.469 e. The van der Waals surface area contributed by atoms with Crippen LogP contribution in [0.1, 0.15) is 27.2 Å². The van der Waals surface area contributed by atoms with Gasteiger partial charge in [0, 0.05) is 18.1 Å². The van der Waals surface area contributed by atoms with Gasteiger partial charge < -0.3 is 9.47 Å². The Labute approximate surface area is 103 Å². The van der Waals surface area contributed by atoms with Crippen molar-refractivity contribution in [1.82, 2.24) is 0 Å². The van der Waals surface area contributed by atoms with Gasteiger partial charge in [-0.1, -0.05) is 20.8 Å². The molecule has 96 valence electrons. The van der Waals surface area contributed by atoms with E-state index >= 15 is 0 Å². The van der Waals surface area contributed by atoms with Crippen LogP contribution >= 0.6 is 11.8 Å². The zero-order chi connectivity index (χ0) is 12.4. The Morgan fingerprint density at radius 3 is 2.50 bits per heavy atom. The van der Waals surface area contributed by atoms with Gasteiger partial charge in [0.25, 0.3) is 0 Å². The lowest BCUT2D eigenvalue weighted by atomic mass is 10.1. The van der Waals surface area contributed by atoms with E-state index in [1.807, 2.05) is 6.92 Å². The van der Waals surface area contributed by atoms with Crippen LogP contribution in [0.5, 0.6) is 0 Å². The molecule has 1 unspecified atom stereocenters. The van der Waals surface area contributed by atoms with E-state index in [9.17, 15) is 4.79 Å². The average molecular weight is 248 g/mol. The van der Waals surface area contributed by atoms with Crippen molar-refractivity contribution in [3.8, 4) is 0 Å². The van der Waals surface area contributed by atoms with Gasteiger partial charge in [-0.25, -0.2) is 0 Å². The first kappa shape index (κ1) is 15.8. The predicted octanol–water partition coefficient (Wildman–Crippen LogP) is 2.59. The van der Waals surface area contributed by atoms with Gasteiger partial charge in [0.15, 0.2) is 0 Å². The summed E-state index contributed by atoms with van der Waals surface area (Å²) in [5.41, 5.74) is 0. The number of carbonyl (C=O) groups excluding carboxylic acids is 1. The third kappa shape index (κ3) is 9.04. The first-order valence-electron chi connectivity index (χ1n) is 5.81. The fourth-order valence-corrected chi connectivity index (χ4v) is 1.96. The van der Waals surface area contributed by atoms with Crippen LogP contribution in [0.25, 0.3) is 0 Å². The molecule has 0 aromatic heterocycles. The third-order valence-corrected chi connectivity index (χ3v) is 3.37. The SMILES string of the molecule is COC(=O)C(C)CSCCOCCC(C)C. The molecule has 0 fully saturated rings. The zero-order valence-electron chi connectivity index (χ0n) is 10.8. The van der Waals surface area contributed by atoms with Crippen LogP contribution in [-0.4, -0.2) is 37.8 Å². The Balaban J connectivity index is 3.24. The summed E-state index contributed by atoms with van der Waals surface area (Å²) >= 11 is 1.74. The molecule has 3 nitrogen and oxygen atoms in total. The summed E-state index contributed by atoms with van der Waals surface area (Å²) < 4.78 is 10.1. The van der Waals surface area contributed by atoms with E-state index in [1.54, 1.807) is 11.8 Å². The fraction of sp³-hybridized carbons (Fsp3) is 0.917. The molecule has 0 radical (unpaired) electrons. The maximum absolute atomic E-state index is 11.1. The molecule has 0 heterocycles.